The molecule has 0 aliphatic carbocycles. The van der Waals surface area contributed by atoms with E-state index in [1.807, 2.05) is 0 Å². The van der Waals surface area contributed by atoms with Crippen LogP contribution in [0.1, 0.15) is 0 Å². The summed E-state index contributed by atoms with van der Waals surface area (Å²) >= 11 is 0. The van der Waals surface area contributed by atoms with Crippen LogP contribution in [0, 0.1) is 0 Å². The van der Waals surface area contributed by atoms with Gasteiger partial charge in [-0.3, -0.25) is 0 Å². The zero-order valence-electron chi connectivity index (χ0n) is 8.30. The van der Waals surface area contributed by atoms with Gasteiger partial charge in [-0.25, -0.2) is 0 Å². The van der Waals surface area contributed by atoms with Crippen LogP contribution >= 0.6 is 18.9 Å². The van der Waals surface area contributed by atoms with Crippen molar-refractivity contribution >= 4 is 56.7 Å². The fourth-order valence-corrected chi connectivity index (χ4v) is 0.683. The quantitative estimate of drug-likeness (QED) is 0.348. The van der Waals surface area contributed by atoms with E-state index in [-0.39, 0.29) is 64.2 Å². The molecule has 0 bridgehead atoms. The summed E-state index contributed by atoms with van der Waals surface area (Å²) in [6.07, 6.45) is -1.53. The predicted octanol–water partition coefficient (Wildman–Crippen LogP) is -1.55. The van der Waals surface area contributed by atoms with Gasteiger partial charge in [-0.05, 0) is 0 Å². The van der Waals surface area contributed by atoms with Crippen LogP contribution in [0.3, 0.4) is 0 Å². The minimum absolute atomic E-state index is 0. The van der Waals surface area contributed by atoms with Crippen molar-refractivity contribution in [2.45, 2.75) is 12.2 Å². The van der Waals surface area contributed by atoms with Gasteiger partial charge in [0, 0.05) is 13.2 Å². The zero-order valence-corrected chi connectivity index (χ0v) is 12.5. The largest absolute Gasteiger partial charge is 2.00 e. The van der Waals surface area contributed by atoms with E-state index in [1.54, 1.807) is 0 Å². The summed E-state index contributed by atoms with van der Waals surface area (Å²) in [6.45, 7) is -0.282. The first-order valence-electron chi connectivity index (χ1n) is 3.77. The van der Waals surface area contributed by atoms with Crippen LogP contribution in [-0.2, 0) is 9.05 Å². The Morgan fingerprint density at radius 3 is 1.20 bits per heavy atom. The van der Waals surface area contributed by atoms with Crippen LogP contribution in [0.15, 0.2) is 0 Å². The van der Waals surface area contributed by atoms with Crippen LogP contribution in [0.2, 0.25) is 0 Å². The average Bonchev–Trinajstić information content (AvgIpc) is 2.19. The molecule has 0 spiro atoms. The molecule has 0 fully saturated rings. The van der Waals surface area contributed by atoms with Gasteiger partial charge in [0.2, 0.25) is 0 Å². The SMILES string of the molecule is OCC(O)CO[PH-].OCC(O)CO[PH-].[Ca+2]. The maximum atomic E-state index is 8.45. The fourth-order valence-electron chi connectivity index (χ4n) is 0.298. The van der Waals surface area contributed by atoms with Gasteiger partial charge >= 0.3 is 37.7 Å². The minimum Gasteiger partial charge on any atom is -0.559 e. The molecule has 0 saturated heterocycles. The second kappa shape index (κ2) is 18.3. The predicted molar refractivity (Wildman–Crippen MR) is 60.5 cm³/mol. The standard InChI is InChI=1S/2C3H8O3P.Ca/c2*4-1-3(5)2-6-7;/h2*3-5,7H,1-2H2;/q2*-1;+2. The summed E-state index contributed by atoms with van der Waals surface area (Å²) in [5.41, 5.74) is 0. The molecular formula is C6H16CaO6P2. The van der Waals surface area contributed by atoms with Crippen molar-refractivity contribution in [3.8, 4) is 0 Å². The Hall–Kier alpha value is 1.88. The van der Waals surface area contributed by atoms with Crippen molar-refractivity contribution in [1.29, 1.82) is 0 Å². The van der Waals surface area contributed by atoms with Crippen LogP contribution in [0.25, 0.3) is 0 Å². The third-order valence-corrected chi connectivity index (χ3v) is 1.31. The van der Waals surface area contributed by atoms with E-state index < -0.39 is 12.2 Å². The molecule has 2 atom stereocenters. The Kier molecular flexibility index (Phi) is 26.9. The van der Waals surface area contributed by atoms with E-state index in [9.17, 15) is 0 Å². The zero-order chi connectivity index (χ0) is 11.4. The Balaban J connectivity index is -0.000000180. The monoisotopic (exact) mass is 286 g/mol. The number of hydrogen-bond donors (Lipinski definition) is 4. The molecule has 9 heteroatoms. The van der Waals surface area contributed by atoms with Crippen molar-refractivity contribution < 1.29 is 29.5 Å². The molecule has 15 heavy (non-hydrogen) atoms. The van der Waals surface area contributed by atoms with Gasteiger partial charge < -0.3 is 48.4 Å². The van der Waals surface area contributed by atoms with Crippen molar-refractivity contribution in [1.82, 2.24) is 0 Å². The third-order valence-electron chi connectivity index (χ3n) is 0.973. The van der Waals surface area contributed by atoms with E-state index >= 15 is 0 Å². The third kappa shape index (κ3) is 21.7. The first-order chi connectivity index (χ1) is 6.62. The normalized spacial score (nSPS) is 13.2. The van der Waals surface area contributed by atoms with Crippen LogP contribution in [-0.4, -0.2) is 96.8 Å². The van der Waals surface area contributed by atoms with Gasteiger partial charge in [-0.2, -0.15) is 0 Å². The van der Waals surface area contributed by atoms with Crippen LogP contribution in [0.5, 0.6) is 0 Å². The van der Waals surface area contributed by atoms with Crippen molar-refractivity contribution in [3.05, 3.63) is 0 Å². The Labute approximate surface area is 124 Å². The summed E-state index contributed by atoms with van der Waals surface area (Å²) in [5, 5.41) is 33.1. The van der Waals surface area contributed by atoms with Gasteiger partial charge in [0.1, 0.15) is 0 Å². The maximum absolute atomic E-state index is 8.45. The van der Waals surface area contributed by atoms with E-state index in [0.717, 1.165) is 0 Å². The summed E-state index contributed by atoms with van der Waals surface area (Å²) in [6, 6.07) is 0. The number of aliphatic hydroxyl groups excluding tert-OH is 4. The summed E-state index contributed by atoms with van der Waals surface area (Å²) in [4.78, 5) is 0. The Morgan fingerprint density at radius 2 is 1.13 bits per heavy atom. The van der Waals surface area contributed by atoms with Gasteiger partial charge in [0.15, 0.2) is 0 Å². The molecule has 2 unspecified atom stereocenters. The molecule has 4 N–H and O–H groups in total. The summed E-state index contributed by atoms with van der Waals surface area (Å²) in [7, 11) is 5.32. The minimum atomic E-state index is -0.766. The second-order valence-corrected chi connectivity index (χ2v) is 2.87. The van der Waals surface area contributed by atoms with Gasteiger partial charge in [-0.1, -0.05) is 0 Å². The molecule has 0 radical (unpaired) electrons. The molecule has 0 aromatic carbocycles. The number of aliphatic hydroxyl groups is 4. The molecule has 0 saturated carbocycles. The van der Waals surface area contributed by atoms with Crippen LogP contribution < -0.4 is 0 Å². The van der Waals surface area contributed by atoms with E-state index in [1.165, 1.54) is 0 Å². The van der Waals surface area contributed by atoms with E-state index in [4.69, 9.17) is 20.4 Å². The molecule has 88 valence electrons. The number of rotatable bonds is 6. The molecule has 6 nitrogen and oxygen atoms in total. The molecule has 0 rings (SSSR count). The number of hydrogen-bond acceptors (Lipinski definition) is 6. The van der Waals surface area contributed by atoms with E-state index in [2.05, 4.69) is 28.0 Å². The topological polar surface area (TPSA) is 99.4 Å². The molecule has 0 aliphatic heterocycles. The molecular weight excluding hydrogens is 270 g/mol. The molecule has 0 amide bonds. The van der Waals surface area contributed by atoms with Crippen molar-refractivity contribution in [3.63, 3.8) is 0 Å². The first-order valence-corrected chi connectivity index (χ1v) is 4.58. The van der Waals surface area contributed by atoms with E-state index in [0.29, 0.717) is 0 Å². The fraction of sp³-hybridized carbons (Fsp3) is 1.00. The molecule has 0 aliphatic rings. The van der Waals surface area contributed by atoms with Gasteiger partial charge in [0.25, 0.3) is 0 Å². The Bertz CT molecular complexity index is 99.6. The Morgan fingerprint density at radius 1 is 0.867 bits per heavy atom. The summed E-state index contributed by atoms with van der Waals surface area (Å²) in [5.74, 6) is 0. The average molecular weight is 286 g/mol. The maximum Gasteiger partial charge on any atom is 2.00 e. The van der Waals surface area contributed by atoms with Crippen molar-refractivity contribution in [2.75, 3.05) is 26.4 Å². The summed E-state index contributed by atoms with van der Waals surface area (Å²) < 4.78 is 8.58. The molecule has 0 aromatic rings. The first kappa shape index (κ1) is 22.1. The molecule has 0 heterocycles. The smallest absolute Gasteiger partial charge is 0.559 e. The molecule has 0 aromatic heterocycles. The van der Waals surface area contributed by atoms with Crippen LogP contribution in [0.4, 0.5) is 0 Å². The second-order valence-electron chi connectivity index (χ2n) is 2.29. The van der Waals surface area contributed by atoms with Crippen molar-refractivity contribution in [2.24, 2.45) is 0 Å². The van der Waals surface area contributed by atoms with Gasteiger partial charge in [-0.15, -0.1) is 0 Å². The van der Waals surface area contributed by atoms with Gasteiger partial charge in [0.05, 0.1) is 25.4 Å².